The van der Waals surface area contributed by atoms with Crippen LogP contribution in [-0.2, 0) is 12.7 Å². The first-order valence-electron chi connectivity index (χ1n) is 10.6. The van der Waals surface area contributed by atoms with Gasteiger partial charge in [-0.3, -0.25) is 9.48 Å². The first-order valence-corrected chi connectivity index (χ1v) is 11.7. The molecular formula is C24H14Cl3F3N6O. The zero-order valence-corrected chi connectivity index (χ0v) is 20.7. The molecule has 0 atom stereocenters. The molecule has 0 aliphatic heterocycles. The topological polar surface area (TPSA) is 77.1 Å². The van der Waals surface area contributed by atoms with Crippen LogP contribution in [0.5, 0.6) is 0 Å². The predicted molar refractivity (Wildman–Crippen MR) is 134 cm³/mol. The molecule has 3 aromatic heterocycles. The quantitative estimate of drug-likeness (QED) is 0.252. The van der Waals surface area contributed by atoms with E-state index in [1.54, 1.807) is 36.4 Å². The van der Waals surface area contributed by atoms with Gasteiger partial charge in [0.05, 0.1) is 12.2 Å². The number of carbonyl (C=O) groups excluding carboxylic acids is 1. The van der Waals surface area contributed by atoms with Crippen LogP contribution in [0.4, 0.5) is 19.0 Å². The molecule has 1 N–H and O–H groups in total. The molecule has 188 valence electrons. The van der Waals surface area contributed by atoms with Crippen molar-refractivity contribution in [2.75, 3.05) is 5.32 Å². The van der Waals surface area contributed by atoms with Crippen molar-refractivity contribution in [1.82, 2.24) is 24.4 Å². The molecular weight excluding hydrogens is 552 g/mol. The van der Waals surface area contributed by atoms with E-state index in [2.05, 4.69) is 20.5 Å². The molecule has 37 heavy (non-hydrogen) atoms. The van der Waals surface area contributed by atoms with Crippen LogP contribution < -0.4 is 5.32 Å². The van der Waals surface area contributed by atoms with Crippen molar-refractivity contribution >= 4 is 52.2 Å². The normalized spacial score (nSPS) is 11.7. The summed E-state index contributed by atoms with van der Waals surface area (Å²) in [6, 6.07) is 15.3. The number of rotatable bonds is 5. The number of aromatic nitrogens is 5. The number of halogens is 6. The maximum absolute atomic E-state index is 13.8. The molecule has 0 saturated heterocycles. The van der Waals surface area contributed by atoms with Gasteiger partial charge in [0, 0.05) is 27.9 Å². The van der Waals surface area contributed by atoms with E-state index in [0.29, 0.717) is 20.1 Å². The Labute approximate surface area is 222 Å². The van der Waals surface area contributed by atoms with Crippen molar-refractivity contribution in [2.24, 2.45) is 0 Å². The zero-order valence-electron chi connectivity index (χ0n) is 18.5. The number of carbonyl (C=O) groups is 1. The van der Waals surface area contributed by atoms with Crippen LogP contribution in [0.3, 0.4) is 0 Å². The van der Waals surface area contributed by atoms with Crippen LogP contribution in [0.15, 0.2) is 66.9 Å². The highest BCUT2D eigenvalue weighted by atomic mass is 35.5. The first kappa shape index (κ1) is 25.1. The summed E-state index contributed by atoms with van der Waals surface area (Å²) in [5.74, 6) is -0.793. The minimum Gasteiger partial charge on any atom is -0.302 e. The highest BCUT2D eigenvalue weighted by Crippen LogP contribution is 2.33. The van der Waals surface area contributed by atoms with Crippen molar-refractivity contribution in [3.63, 3.8) is 0 Å². The van der Waals surface area contributed by atoms with Crippen LogP contribution >= 0.6 is 34.8 Å². The predicted octanol–water partition coefficient (Wildman–Crippen LogP) is 6.87. The Bertz CT molecular complexity index is 1630. The van der Waals surface area contributed by atoms with E-state index in [-0.39, 0.29) is 34.4 Å². The molecule has 5 rings (SSSR count). The van der Waals surface area contributed by atoms with Crippen molar-refractivity contribution < 1.29 is 18.0 Å². The third-order valence-electron chi connectivity index (χ3n) is 5.33. The fraction of sp³-hybridized carbons (Fsp3) is 0.0833. The third kappa shape index (κ3) is 5.27. The number of alkyl halides is 3. The Morgan fingerprint density at radius 3 is 2.38 bits per heavy atom. The van der Waals surface area contributed by atoms with Gasteiger partial charge in [-0.25, -0.2) is 9.50 Å². The summed E-state index contributed by atoms with van der Waals surface area (Å²) in [6.45, 7) is 0.288. The fourth-order valence-electron chi connectivity index (χ4n) is 3.59. The average molecular weight is 566 g/mol. The molecule has 0 unspecified atom stereocenters. The largest absolute Gasteiger partial charge is 0.433 e. The number of nitrogens with zero attached hydrogens (tertiary/aromatic N) is 5. The summed E-state index contributed by atoms with van der Waals surface area (Å²) < 4.78 is 43.6. The standard InChI is InChI=1S/C24H14Cl3F3N6O/c25-15-7-5-13(6-8-15)18-9-20(24(28,29)30)36-21(31-18)10-19(33-36)23(37)32-22-17(27)12-35(34-22)11-14-3-1-2-4-16(14)26/h1-10,12H,11H2,(H,32,34,37). The summed E-state index contributed by atoms with van der Waals surface area (Å²) in [5.41, 5.74) is -0.319. The molecule has 5 aromatic rings. The van der Waals surface area contributed by atoms with E-state index < -0.39 is 17.8 Å². The molecule has 1 amide bonds. The second-order valence-corrected chi connectivity index (χ2v) is 9.15. The summed E-state index contributed by atoms with van der Waals surface area (Å²) in [7, 11) is 0. The summed E-state index contributed by atoms with van der Waals surface area (Å²) in [4.78, 5) is 17.1. The molecule has 0 fully saturated rings. The van der Waals surface area contributed by atoms with Gasteiger partial charge in [-0.2, -0.15) is 23.4 Å². The second kappa shape index (κ2) is 9.70. The minimum absolute atomic E-state index is 0.0154. The highest BCUT2D eigenvalue weighted by Gasteiger charge is 2.35. The molecule has 3 heterocycles. The number of nitrogens with one attached hydrogen (secondary N) is 1. The lowest BCUT2D eigenvalue weighted by Gasteiger charge is -2.11. The van der Waals surface area contributed by atoms with Gasteiger partial charge in [0.15, 0.2) is 22.9 Å². The van der Waals surface area contributed by atoms with Crippen molar-refractivity contribution in [2.45, 2.75) is 12.7 Å². The van der Waals surface area contributed by atoms with E-state index in [0.717, 1.165) is 17.7 Å². The van der Waals surface area contributed by atoms with Gasteiger partial charge in [0.1, 0.15) is 5.02 Å². The Morgan fingerprint density at radius 2 is 1.68 bits per heavy atom. The van der Waals surface area contributed by atoms with Gasteiger partial charge < -0.3 is 5.32 Å². The van der Waals surface area contributed by atoms with E-state index in [1.807, 2.05) is 12.1 Å². The third-order valence-corrected chi connectivity index (χ3v) is 6.23. The number of hydrogen-bond acceptors (Lipinski definition) is 4. The molecule has 0 radical (unpaired) electrons. The molecule has 13 heteroatoms. The lowest BCUT2D eigenvalue weighted by atomic mass is 10.1. The molecule has 0 spiro atoms. The molecule has 0 aliphatic rings. The second-order valence-electron chi connectivity index (χ2n) is 7.90. The fourth-order valence-corrected chi connectivity index (χ4v) is 4.11. The molecule has 0 saturated carbocycles. The molecule has 0 aliphatic carbocycles. The summed E-state index contributed by atoms with van der Waals surface area (Å²) >= 11 is 18.3. The van der Waals surface area contributed by atoms with Gasteiger partial charge in [-0.1, -0.05) is 65.1 Å². The van der Waals surface area contributed by atoms with Crippen LogP contribution in [0.2, 0.25) is 15.1 Å². The number of benzene rings is 2. The number of amides is 1. The SMILES string of the molecule is O=C(Nc1nn(Cc2ccccc2Cl)cc1Cl)c1cc2nc(-c3ccc(Cl)cc3)cc(C(F)(F)F)n2n1. The van der Waals surface area contributed by atoms with Crippen LogP contribution in [0.25, 0.3) is 16.9 Å². The first-order chi connectivity index (χ1) is 17.6. The maximum Gasteiger partial charge on any atom is 0.433 e. The lowest BCUT2D eigenvalue weighted by molar-refractivity contribution is -0.142. The maximum atomic E-state index is 13.8. The van der Waals surface area contributed by atoms with Crippen LogP contribution in [0, 0.1) is 0 Å². The van der Waals surface area contributed by atoms with Crippen molar-refractivity contribution in [3.05, 3.63) is 98.9 Å². The molecule has 7 nitrogen and oxygen atoms in total. The van der Waals surface area contributed by atoms with Crippen molar-refractivity contribution in [3.8, 4) is 11.3 Å². The Balaban J connectivity index is 1.45. The molecule has 0 bridgehead atoms. The van der Waals surface area contributed by atoms with E-state index >= 15 is 0 Å². The number of anilines is 1. The van der Waals surface area contributed by atoms with Gasteiger partial charge in [-0.05, 0) is 29.8 Å². The lowest BCUT2D eigenvalue weighted by Crippen LogP contribution is -2.16. The summed E-state index contributed by atoms with van der Waals surface area (Å²) in [6.07, 6.45) is -3.27. The number of fused-ring (bicyclic) bond motifs is 1. The minimum atomic E-state index is -4.76. The van der Waals surface area contributed by atoms with E-state index in [4.69, 9.17) is 34.8 Å². The molecule has 2 aromatic carbocycles. The number of hydrogen-bond donors (Lipinski definition) is 1. The van der Waals surface area contributed by atoms with Crippen LogP contribution in [-0.4, -0.2) is 30.3 Å². The Hall–Kier alpha value is -3.60. The summed E-state index contributed by atoms with van der Waals surface area (Å²) in [5, 5.41) is 11.7. The smallest absolute Gasteiger partial charge is 0.302 e. The van der Waals surface area contributed by atoms with E-state index in [9.17, 15) is 18.0 Å². The zero-order chi connectivity index (χ0) is 26.3. The van der Waals surface area contributed by atoms with Gasteiger partial charge >= 0.3 is 6.18 Å². The highest BCUT2D eigenvalue weighted by molar-refractivity contribution is 6.33. The van der Waals surface area contributed by atoms with E-state index in [1.165, 1.54) is 10.9 Å². The van der Waals surface area contributed by atoms with Crippen LogP contribution in [0.1, 0.15) is 21.7 Å². The van der Waals surface area contributed by atoms with Gasteiger partial charge in [-0.15, -0.1) is 0 Å². The van der Waals surface area contributed by atoms with Gasteiger partial charge in [0.2, 0.25) is 0 Å². The average Bonchev–Trinajstić information content (AvgIpc) is 3.43. The monoisotopic (exact) mass is 564 g/mol. The van der Waals surface area contributed by atoms with Crippen molar-refractivity contribution in [1.29, 1.82) is 0 Å². The Kier molecular flexibility index (Phi) is 6.57. The van der Waals surface area contributed by atoms with Gasteiger partial charge in [0.25, 0.3) is 5.91 Å². The Morgan fingerprint density at radius 1 is 0.946 bits per heavy atom.